The van der Waals surface area contributed by atoms with Gasteiger partial charge in [-0.05, 0) is 18.8 Å². The van der Waals surface area contributed by atoms with Gasteiger partial charge in [0.2, 0.25) is 15.9 Å². The van der Waals surface area contributed by atoms with Crippen LogP contribution in [0.4, 0.5) is 0 Å². The first kappa shape index (κ1) is 11.5. The normalized spacial score (nSPS) is 25.9. The third-order valence-corrected chi connectivity index (χ3v) is 3.21. The maximum atomic E-state index is 11.2. The number of sulfonamides is 1. The number of carbonyl (C=O) groups is 1. The van der Waals surface area contributed by atoms with Crippen LogP contribution in [0.1, 0.15) is 19.8 Å². The molecule has 1 rings (SSSR count). The van der Waals surface area contributed by atoms with Crippen molar-refractivity contribution in [2.75, 3.05) is 12.3 Å². The van der Waals surface area contributed by atoms with Gasteiger partial charge < -0.3 is 5.32 Å². The minimum absolute atomic E-state index is 0.0342. The molecule has 0 aromatic rings. The van der Waals surface area contributed by atoms with Gasteiger partial charge in [0, 0.05) is 12.5 Å². The van der Waals surface area contributed by atoms with Gasteiger partial charge in [0.1, 0.15) is 0 Å². The van der Waals surface area contributed by atoms with Crippen LogP contribution in [-0.2, 0) is 14.8 Å². The zero-order chi connectivity index (χ0) is 10.8. The Kier molecular flexibility index (Phi) is 3.49. The zero-order valence-electron chi connectivity index (χ0n) is 8.19. The lowest BCUT2D eigenvalue weighted by Gasteiger charge is -2.02. The van der Waals surface area contributed by atoms with E-state index in [0.29, 0.717) is 18.9 Å². The number of nitrogens with two attached hydrogens (primary N) is 1. The zero-order valence-corrected chi connectivity index (χ0v) is 9.01. The highest BCUT2D eigenvalue weighted by Crippen LogP contribution is 2.37. The van der Waals surface area contributed by atoms with Crippen LogP contribution in [-0.4, -0.2) is 26.6 Å². The van der Waals surface area contributed by atoms with Crippen molar-refractivity contribution in [1.82, 2.24) is 5.32 Å². The maximum Gasteiger partial charge on any atom is 0.223 e. The molecule has 14 heavy (non-hydrogen) atoms. The van der Waals surface area contributed by atoms with Crippen LogP contribution in [0.3, 0.4) is 0 Å². The van der Waals surface area contributed by atoms with Crippen LogP contribution < -0.4 is 10.5 Å². The molecule has 5 nitrogen and oxygen atoms in total. The topological polar surface area (TPSA) is 89.3 Å². The summed E-state index contributed by atoms with van der Waals surface area (Å²) in [6.07, 6.45) is 1.33. The highest BCUT2D eigenvalue weighted by atomic mass is 32.2. The van der Waals surface area contributed by atoms with Crippen molar-refractivity contribution in [2.45, 2.75) is 19.8 Å². The molecular weight excluding hydrogens is 204 g/mol. The van der Waals surface area contributed by atoms with Crippen molar-refractivity contribution in [2.24, 2.45) is 17.0 Å². The van der Waals surface area contributed by atoms with E-state index in [9.17, 15) is 13.2 Å². The lowest BCUT2D eigenvalue weighted by molar-refractivity contribution is -0.122. The number of hydrogen-bond acceptors (Lipinski definition) is 3. The van der Waals surface area contributed by atoms with Gasteiger partial charge >= 0.3 is 0 Å². The third-order valence-electron chi connectivity index (χ3n) is 2.35. The fraction of sp³-hybridized carbons (Fsp3) is 0.875. The Morgan fingerprint density at radius 3 is 2.57 bits per heavy atom. The Morgan fingerprint density at radius 1 is 1.57 bits per heavy atom. The van der Waals surface area contributed by atoms with E-state index in [4.69, 9.17) is 5.14 Å². The second-order valence-electron chi connectivity index (χ2n) is 3.83. The van der Waals surface area contributed by atoms with E-state index in [1.165, 1.54) is 0 Å². The fourth-order valence-electron chi connectivity index (χ4n) is 1.30. The molecule has 2 unspecified atom stereocenters. The molecule has 1 amide bonds. The molecule has 0 heterocycles. The second kappa shape index (κ2) is 4.27. The predicted molar refractivity (Wildman–Crippen MR) is 52.9 cm³/mol. The first-order valence-electron chi connectivity index (χ1n) is 4.68. The molecule has 0 saturated heterocycles. The van der Waals surface area contributed by atoms with Gasteiger partial charge in [-0.3, -0.25) is 4.79 Å². The lowest BCUT2D eigenvalue weighted by Crippen LogP contribution is -2.28. The molecule has 1 saturated carbocycles. The van der Waals surface area contributed by atoms with Gasteiger partial charge in [0.15, 0.2) is 0 Å². The number of rotatable bonds is 5. The van der Waals surface area contributed by atoms with Crippen LogP contribution in [0.15, 0.2) is 0 Å². The smallest absolute Gasteiger partial charge is 0.223 e. The Labute approximate surface area is 84.1 Å². The molecule has 2 atom stereocenters. The van der Waals surface area contributed by atoms with Gasteiger partial charge in [0.25, 0.3) is 0 Å². The van der Waals surface area contributed by atoms with Gasteiger partial charge in [-0.25, -0.2) is 13.6 Å². The summed E-state index contributed by atoms with van der Waals surface area (Å²) in [5.74, 6) is 0.581. The van der Waals surface area contributed by atoms with Crippen LogP contribution in [0.5, 0.6) is 0 Å². The molecule has 0 aromatic carbocycles. The second-order valence-corrected chi connectivity index (χ2v) is 5.57. The highest BCUT2D eigenvalue weighted by Gasteiger charge is 2.38. The summed E-state index contributed by atoms with van der Waals surface area (Å²) in [6.45, 7) is 2.41. The Balaban J connectivity index is 2.07. The molecule has 1 aliphatic rings. The van der Waals surface area contributed by atoms with Crippen LogP contribution in [0, 0.1) is 11.8 Å². The quantitative estimate of drug-likeness (QED) is 0.608. The van der Waals surface area contributed by atoms with E-state index in [1.54, 1.807) is 0 Å². The number of amides is 1. The van der Waals surface area contributed by atoms with Crippen molar-refractivity contribution in [3.8, 4) is 0 Å². The summed E-state index contributed by atoms with van der Waals surface area (Å²) >= 11 is 0. The van der Waals surface area contributed by atoms with E-state index < -0.39 is 10.0 Å². The highest BCUT2D eigenvalue weighted by molar-refractivity contribution is 7.89. The number of primary sulfonamides is 1. The maximum absolute atomic E-state index is 11.2. The van der Waals surface area contributed by atoms with Crippen LogP contribution in [0.25, 0.3) is 0 Å². The van der Waals surface area contributed by atoms with Gasteiger partial charge in [0.05, 0.1) is 5.75 Å². The number of nitrogens with one attached hydrogen (secondary N) is 1. The van der Waals surface area contributed by atoms with Gasteiger partial charge in [-0.2, -0.15) is 0 Å². The molecular formula is C8H16N2O3S. The van der Waals surface area contributed by atoms with Crippen molar-refractivity contribution in [1.29, 1.82) is 0 Å². The first-order valence-corrected chi connectivity index (χ1v) is 6.40. The monoisotopic (exact) mass is 220 g/mol. The molecule has 0 aromatic heterocycles. The SMILES string of the molecule is CC1CC1C(=O)NCCCS(N)(=O)=O. The van der Waals surface area contributed by atoms with Crippen molar-refractivity contribution in [3.63, 3.8) is 0 Å². The molecule has 1 fully saturated rings. The summed E-state index contributed by atoms with van der Waals surface area (Å²) in [5, 5.41) is 7.49. The van der Waals surface area contributed by atoms with Crippen LogP contribution >= 0.6 is 0 Å². The average Bonchev–Trinajstić information content (AvgIpc) is 2.74. The Morgan fingerprint density at radius 2 is 2.14 bits per heavy atom. The van der Waals surface area contributed by atoms with E-state index in [1.807, 2.05) is 6.92 Å². The number of hydrogen-bond donors (Lipinski definition) is 2. The van der Waals surface area contributed by atoms with Crippen molar-refractivity contribution >= 4 is 15.9 Å². The molecule has 6 heteroatoms. The fourth-order valence-corrected chi connectivity index (χ4v) is 1.85. The summed E-state index contributed by atoms with van der Waals surface area (Å²) in [4.78, 5) is 11.2. The summed E-state index contributed by atoms with van der Waals surface area (Å²) < 4.78 is 21.1. The Bertz CT molecular complexity index is 313. The van der Waals surface area contributed by atoms with Crippen LogP contribution in [0.2, 0.25) is 0 Å². The predicted octanol–water partition coefficient (Wildman–Crippen LogP) is -0.563. The summed E-state index contributed by atoms with van der Waals surface area (Å²) in [6, 6.07) is 0. The molecule has 0 radical (unpaired) electrons. The average molecular weight is 220 g/mol. The van der Waals surface area contributed by atoms with Crippen molar-refractivity contribution < 1.29 is 13.2 Å². The third kappa shape index (κ3) is 4.06. The molecule has 3 N–H and O–H groups in total. The standard InChI is InChI=1S/C8H16N2O3S/c1-6-5-7(6)8(11)10-3-2-4-14(9,12)13/h6-7H,2-5H2,1H3,(H,10,11)(H2,9,12,13). The van der Waals surface area contributed by atoms with Crippen molar-refractivity contribution in [3.05, 3.63) is 0 Å². The first-order chi connectivity index (χ1) is 6.40. The van der Waals surface area contributed by atoms with E-state index in [2.05, 4.69) is 5.32 Å². The lowest BCUT2D eigenvalue weighted by atomic mass is 10.3. The van der Waals surface area contributed by atoms with E-state index in [-0.39, 0.29) is 17.6 Å². The molecule has 1 aliphatic carbocycles. The minimum Gasteiger partial charge on any atom is -0.356 e. The Hall–Kier alpha value is -0.620. The van der Waals surface area contributed by atoms with E-state index >= 15 is 0 Å². The largest absolute Gasteiger partial charge is 0.356 e. The molecule has 82 valence electrons. The summed E-state index contributed by atoms with van der Waals surface area (Å²) in [7, 11) is -3.39. The molecule has 0 aliphatic heterocycles. The molecule has 0 spiro atoms. The van der Waals surface area contributed by atoms with Gasteiger partial charge in [-0.1, -0.05) is 6.92 Å². The molecule has 0 bridgehead atoms. The minimum atomic E-state index is -3.39. The van der Waals surface area contributed by atoms with Gasteiger partial charge in [-0.15, -0.1) is 0 Å². The number of carbonyl (C=O) groups excluding carboxylic acids is 1. The summed E-state index contributed by atoms with van der Waals surface area (Å²) in [5.41, 5.74) is 0. The van der Waals surface area contributed by atoms with E-state index in [0.717, 1.165) is 6.42 Å².